The van der Waals surface area contributed by atoms with Crippen LogP contribution in [0.15, 0.2) is 30.3 Å². The van der Waals surface area contributed by atoms with Gasteiger partial charge in [0.15, 0.2) is 0 Å². The summed E-state index contributed by atoms with van der Waals surface area (Å²) in [5, 5.41) is 3.58. The number of nitrogens with one attached hydrogen (secondary N) is 1. The Morgan fingerprint density at radius 3 is 2.54 bits per heavy atom. The van der Waals surface area contributed by atoms with Crippen LogP contribution in [0.4, 0.5) is 0 Å². The molecule has 0 aliphatic carbocycles. The summed E-state index contributed by atoms with van der Waals surface area (Å²) in [7, 11) is 0. The average Bonchev–Trinajstić information content (AvgIpc) is 2.47. The van der Waals surface area contributed by atoms with Gasteiger partial charge in [0.1, 0.15) is 6.10 Å². The topological polar surface area (TPSA) is 21.3 Å². The van der Waals surface area contributed by atoms with E-state index in [1.165, 1.54) is 5.56 Å². The largest absolute Gasteiger partial charge is 0.461 e. The van der Waals surface area contributed by atoms with Gasteiger partial charge in [0.05, 0.1) is 6.04 Å². The van der Waals surface area contributed by atoms with E-state index in [2.05, 4.69) is 24.4 Å². The fourth-order valence-electron chi connectivity index (χ4n) is 1.51. The van der Waals surface area contributed by atoms with E-state index in [1.54, 1.807) is 0 Å². The second kappa shape index (κ2) is 3.34. The van der Waals surface area contributed by atoms with Gasteiger partial charge in [0, 0.05) is 0 Å². The minimum absolute atomic E-state index is 0.0636. The van der Waals surface area contributed by atoms with Crippen molar-refractivity contribution in [3.8, 4) is 0 Å². The summed E-state index contributed by atoms with van der Waals surface area (Å²) < 4.78 is 5.48. The molecule has 68 valence electrons. The summed E-state index contributed by atoms with van der Waals surface area (Å²) in [4.78, 5) is 0. The van der Waals surface area contributed by atoms with Gasteiger partial charge in [-0.05, 0) is 24.7 Å². The van der Waals surface area contributed by atoms with Crippen LogP contribution in [0.3, 0.4) is 0 Å². The highest BCUT2D eigenvalue weighted by Crippen LogP contribution is 2.25. The van der Waals surface area contributed by atoms with E-state index in [-0.39, 0.29) is 12.1 Å². The van der Waals surface area contributed by atoms with Crippen LogP contribution in [0.2, 0.25) is 0 Å². The standard InChI is InChI=1S/C10H11NOS/c1-7-9(12-10(13)11-7)8-5-3-2-4-6-8/h2-7,9H,1H3,(H,11,13)/t7-,9-/m1/s1. The maximum atomic E-state index is 5.48. The molecule has 1 aromatic rings. The van der Waals surface area contributed by atoms with E-state index in [0.29, 0.717) is 5.17 Å². The number of hydrogen-bond donors (Lipinski definition) is 1. The van der Waals surface area contributed by atoms with Crippen molar-refractivity contribution in [2.75, 3.05) is 0 Å². The molecule has 0 radical (unpaired) electrons. The van der Waals surface area contributed by atoms with Gasteiger partial charge in [-0.1, -0.05) is 30.3 Å². The maximum absolute atomic E-state index is 5.48. The van der Waals surface area contributed by atoms with Gasteiger partial charge < -0.3 is 10.1 Å². The molecule has 1 fully saturated rings. The van der Waals surface area contributed by atoms with E-state index in [4.69, 9.17) is 17.0 Å². The van der Waals surface area contributed by atoms with Crippen molar-refractivity contribution in [1.82, 2.24) is 5.32 Å². The van der Waals surface area contributed by atoms with E-state index < -0.39 is 0 Å². The number of benzene rings is 1. The molecule has 0 unspecified atom stereocenters. The van der Waals surface area contributed by atoms with Crippen molar-refractivity contribution in [1.29, 1.82) is 0 Å². The Morgan fingerprint density at radius 1 is 1.31 bits per heavy atom. The third kappa shape index (κ3) is 1.65. The third-order valence-corrected chi connectivity index (χ3v) is 2.38. The average molecular weight is 193 g/mol. The van der Waals surface area contributed by atoms with Crippen LogP contribution >= 0.6 is 12.2 Å². The number of ether oxygens (including phenoxy) is 1. The van der Waals surface area contributed by atoms with Crippen LogP contribution in [0.1, 0.15) is 18.6 Å². The van der Waals surface area contributed by atoms with Crippen LogP contribution in [0.5, 0.6) is 0 Å². The summed E-state index contributed by atoms with van der Waals surface area (Å²) in [6, 6.07) is 10.4. The lowest BCUT2D eigenvalue weighted by molar-refractivity contribution is 0.214. The molecule has 1 saturated heterocycles. The maximum Gasteiger partial charge on any atom is 0.257 e. The lowest BCUT2D eigenvalue weighted by Crippen LogP contribution is -2.23. The van der Waals surface area contributed by atoms with Gasteiger partial charge in [0.25, 0.3) is 5.17 Å². The minimum Gasteiger partial charge on any atom is -0.461 e. The van der Waals surface area contributed by atoms with Crippen molar-refractivity contribution >= 4 is 17.4 Å². The van der Waals surface area contributed by atoms with Crippen molar-refractivity contribution < 1.29 is 4.74 Å². The highest BCUT2D eigenvalue weighted by Gasteiger charge is 2.28. The lowest BCUT2D eigenvalue weighted by atomic mass is 10.0. The van der Waals surface area contributed by atoms with Crippen LogP contribution in [-0.2, 0) is 4.74 Å². The molecule has 0 spiro atoms. The summed E-state index contributed by atoms with van der Waals surface area (Å²) in [6.07, 6.45) is 0.0636. The lowest BCUT2D eigenvalue weighted by Gasteiger charge is -2.12. The summed E-state index contributed by atoms with van der Waals surface area (Å²) in [6.45, 7) is 2.07. The minimum atomic E-state index is 0.0636. The molecule has 13 heavy (non-hydrogen) atoms. The molecule has 1 N–H and O–H groups in total. The van der Waals surface area contributed by atoms with E-state index >= 15 is 0 Å². The Morgan fingerprint density at radius 2 is 2.00 bits per heavy atom. The van der Waals surface area contributed by atoms with Crippen molar-refractivity contribution in [3.05, 3.63) is 35.9 Å². The molecular formula is C10H11NOS. The fourth-order valence-corrected chi connectivity index (χ4v) is 1.80. The zero-order valence-electron chi connectivity index (χ0n) is 7.36. The molecule has 1 aromatic carbocycles. The first-order valence-corrected chi connectivity index (χ1v) is 4.70. The van der Waals surface area contributed by atoms with Crippen LogP contribution in [0, 0.1) is 0 Å². The van der Waals surface area contributed by atoms with E-state index in [9.17, 15) is 0 Å². The molecule has 0 aromatic heterocycles. The molecule has 1 heterocycles. The predicted molar refractivity (Wildman–Crippen MR) is 55.5 cm³/mol. The monoisotopic (exact) mass is 193 g/mol. The molecule has 1 aliphatic rings. The Bertz CT molecular complexity index is 312. The van der Waals surface area contributed by atoms with Crippen molar-refractivity contribution in [2.24, 2.45) is 0 Å². The van der Waals surface area contributed by atoms with Crippen molar-refractivity contribution in [3.63, 3.8) is 0 Å². The van der Waals surface area contributed by atoms with Gasteiger partial charge in [-0.15, -0.1) is 0 Å². The Balaban J connectivity index is 2.23. The second-order valence-corrected chi connectivity index (χ2v) is 3.54. The molecule has 0 amide bonds. The summed E-state index contributed by atoms with van der Waals surface area (Å²) in [5.41, 5.74) is 1.17. The van der Waals surface area contributed by atoms with Crippen LogP contribution in [0.25, 0.3) is 0 Å². The number of rotatable bonds is 1. The molecule has 2 nitrogen and oxygen atoms in total. The van der Waals surface area contributed by atoms with Gasteiger partial charge in [-0.25, -0.2) is 0 Å². The first-order valence-electron chi connectivity index (χ1n) is 4.29. The molecule has 3 heteroatoms. The first-order chi connectivity index (χ1) is 6.27. The summed E-state index contributed by atoms with van der Waals surface area (Å²) in [5.74, 6) is 0. The summed E-state index contributed by atoms with van der Waals surface area (Å²) >= 11 is 4.94. The normalized spacial score (nSPS) is 26.7. The second-order valence-electron chi connectivity index (χ2n) is 3.17. The van der Waals surface area contributed by atoms with Gasteiger partial charge in [0.2, 0.25) is 0 Å². The Labute approximate surface area is 82.9 Å². The first kappa shape index (κ1) is 8.51. The zero-order chi connectivity index (χ0) is 9.26. The molecule has 1 aliphatic heterocycles. The molecule has 2 rings (SSSR count). The van der Waals surface area contributed by atoms with Crippen molar-refractivity contribution in [2.45, 2.75) is 19.1 Å². The number of thiocarbonyl (C=S) groups is 1. The van der Waals surface area contributed by atoms with Gasteiger partial charge >= 0.3 is 0 Å². The Hall–Kier alpha value is -1.09. The number of hydrogen-bond acceptors (Lipinski definition) is 2. The highest BCUT2D eigenvalue weighted by atomic mass is 32.1. The zero-order valence-corrected chi connectivity index (χ0v) is 8.17. The molecule has 0 saturated carbocycles. The molecular weight excluding hydrogens is 182 g/mol. The predicted octanol–water partition coefficient (Wildman–Crippen LogP) is 2.02. The fraction of sp³-hybridized carbons (Fsp3) is 0.300. The van der Waals surface area contributed by atoms with Crippen LogP contribution < -0.4 is 5.32 Å². The smallest absolute Gasteiger partial charge is 0.257 e. The Kier molecular flexibility index (Phi) is 2.19. The van der Waals surface area contributed by atoms with Gasteiger partial charge in [-0.2, -0.15) is 0 Å². The third-order valence-electron chi connectivity index (χ3n) is 2.16. The molecule has 2 atom stereocenters. The van der Waals surface area contributed by atoms with E-state index in [1.807, 2.05) is 18.2 Å². The SMILES string of the molecule is C[C@H]1NC(=S)O[C@H]1c1ccccc1. The highest BCUT2D eigenvalue weighted by molar-refractivity contribution is 7.80. The quantitative estimate of drug-likeness (QED) is 0.689. The van der Waals surface area contributed by atoms with Crippen LogP contribution in [-0.4, -0.2) is 11.2 Å². The molecule has 0 bridgehead atoms. The van der Waals surface area contributed by atoms with Gasteiger partial charge in [-0.3, -0.25) is 0 Å². The van der Waals surface area contributed by atoms with E-state index in [0.717, 1.165) is 0 Å².